The van der Waals surface area contributed by atoms with E-state index < -0.39 is 45.3 Å². The summed E-state index contributed by atoms with van der Waals surface area (Å²) < 4.78 is 92.8. The van der Waals surface area contributed by atoms with Crippen molar-refractivity contribution >= 4 is 17.7 Å². The van der Waals surface area contributed by atoms with Gasteiger partial charge in [0.25, 0.3) is 0 Å². The summed E-state index contributed by atoms with van der Waals surface area (Å²) in [6.07, 6.45) is -12.1. The molecule has 0 bridgehead atoms. The minimum absolute atomic E-state index is 0.252. The van der Waals surface area contributed by atoms with Crippen LogP contribution in [-0.4, -0.2) is 28.7 Å². The first-order valence-electron chi connectivity index (χ1n) is 7.04. The Morgan fingerprint density at radius 1 is 1.12 bits per heavy atom. The number of benzene rings is 1. The molecule has 10 heteroatoms. The van der Waals surface area contributed by atoms with E-state index in [0.29, 0.717) is 24.2 Å². The van der Waals surface area contributed by atoms with E-state index in [2.05, 4.69) is 0 Å². The Labute approximate surface area is 143 Å². The smallest absolute Gasteiger partial charge is 0.435 e. The minimum atomic E-state index is -6.26. The first-order valence-corrected chi connectivity index (χ1v) is 7.92. The number of thioether (sulfide) groups is 1. The normalized spacial score (nSPS) is 14.5. The number of carbonyl (C=O) groups is 1. The minimum Gasteiger partial charge on any atom is -0.478 e. The number of carboxylic acid groups (broad SMARTS) is 1. The molecule has 1 aromatic rings. The molecule has 0 saturated heterocycles. The maximum atomic E-state index is 14.5. The van der Waals surface area contributed by atoms with Gasteiger partial charge in [-0.15, -0.1) is 11.8 Å². The SMILES string of the molecule is CC[C@@H](C)Sc1c(C(F)(C(F)(F)F)C(F)(F)F)ccc(C(=O)O)c1C. The van der Waals surface area contributed by atoms with Gasteiger partial charge in [-0.25, -0.2) is 9.18 Å². The second-order valence-corrected chi connectivity index (χ2v) is 6.86. The number of hydrogen-bond donors (Lipinski definition) is 1. The van der Waals surface area contributed by atoms with Crippen LogP contribution in [0.5, 0.6) is 0 Å². The summed E-state index contributed by atoms with van der Waals surface area (Å²) in [5.41, 5.74) is -8.07. The van der Waals surface area contributed by atoms with Crippen LogP contribution in [0.25, 0.3) is 0 Å². The quantitative estimate of drug-likeness (QED) is 0.503. The van der Waals surface area contributed by atoms with Gasteiger partial charge >= 0.3 is 24.0 Å². The number of halogens is 7. The van der Waals surface area contributed by atoms with Crippen LogP contribution in [-0.2, 0) is 5.67 Å². The lowest BCUT2D eigenvalue weighted by molar-refractivity contribution is -0.349. The van der Waals surface area contributed by atoms with Crippen LogP contribution in [0.1, 0.15) is 41.8 Å². The molecular formula is C15H15F7O2S. The molecule has 25 heavy (non-hydrogen) atoms. The predicted molar refractivity (Wildman–Crippen MR) is 78.6 cm³/mol. The Hall–Kier alpha value is -1.45. The van der Waals surface area contributed by atoms with Gasteiger partial charge in [-0.05, 0) is 25.0 Å². The van der Waals surface area contributed by atoms with Crippen LogP contribution in [0.15, 0.2) is 17.0 Å². The van der Waals surface area contributed by atoms with Crippen LogP contribution in [0.2, 0.25) is 0 Å². The maximum absolute atomic E-state index is 14.5. The van der Waals surface area contributed by atoms with Gasteiger partial charge in [0.15, 0.2) is 0 Å². The highest BCUT2D eigenvalue weighted by molar-refractivity contribution is 8.00. The van der Waals surface area contributed by atoms with E-state index in [1.165, 1.54) is 6.92 Å². The zero-order valence-corrected chi connectivity index (χ0v) is 14.2. The lowest BCUT2D eigenvalue weighted by Crippen LogP contribution is -2.50. The van der Waals surface area contributed by atoms with Crippen molar-refractivity contribution in [2.75, 3.05) is 0 Å². The third kappa shape index (κ3) is 3.88. The standard InChI is InChI=1S/C15H15F7O2S/c1-4-7(2)25-11-8(3)9(12(23)24)5-6-10(11)13(16,14(17,18)19)15(20,21)22/h5-7H,4H2,1-3H3,(H,23,24)/t7-/m1/s1. The van der Waals surface area contributed by atoms with Crippen LogP contribution >= 0.6 is 11.8 Å². The molecule has 0 aliphatic carbocycles. The van der Waals surface area contributed by atoms with E-state index >= 15 is 0 Å². The van der Waals surface area contributed by atoms with Crippen molar-refractivity contribution in [3.8, 4) is 0 Å². The molecule has 0 heterocycles. The van der Waals surface area contributed by atoms with Crippen molar-refractivity contribution in [1.29, 1.82) is 0 Å². The summed E-state index contributed by atoms with van der Waals surface area (Å²) in [4.78, 5) is 10.5. The van der Waals surface area contributed by atoms with E-state index in [1.807, 2.05) is 0 Å². The molecule has 1 atom stereocenters. The number of carboxylic acids is 1. The van der Waals surface area contributed by atoms with E-state index in [1.54, 1.807) is 6.92 Å². The molecule has 142 valence electrons. The number of rotatable bonds is 5. The molecule has 0 fully saturated rings. The van der Waals surface area contributed by atoms with E-state index in [4.69, 9.17) is 5.11 Å². The molecular weight excluding hydrogens is 377 g/mol. The second kappa shape index (κ2) is 7.05. The number of alkyl halides is 7. The average molecular weight is 392 g/mol. The average Bonchev–Trinajstić information content (AvgIpc) is 2.45. The molecule has 0 aliphatic heterocycles. The van der Waals surface area contributed by atoms with Crippen LogP contribution in [0.4, 0.5) is 30.7 Å². The fourth-order valence-electron chi connectivity index (χ4n) is 2.10. The van der Waals surface area contributed by atoms with Crippen LogP contribution in [0.3, 0.4) is 0 Å². The van der Waals surface area contributed by atoms with Crippen molar-refractivity contribution in [2.24, 2.45) is 0 Å². The van der Waals surface area contributed by atoms with Gasteiger partial charge in [0.05, 0.1) is 5.56 Å². The van der Waals surface area contributed by atoms with Gasteiger partial charge in [-0.3, -0.25) is 0 Å². The van der Waals surface area contributed by atoms with Gasteiger partial charge in [0.2, 0.25) is 0 Å². The Morgan fingerprint density at radius 3 is 1.96 bits per heavy atom. The fourth-order valence-corrected chi connectivity index (χ4v) is 3.29. The summed E-state index contributed by atoms with van der Waals surface area (Å²) in [5.74, 6) is -1.53. The molecule has 0 radical (unpaired) electrons. The summed E-state index contributed by atoms with van der Waals surface area (Å²) in [6, 6.07) is 0.807. The molecule has 0 spiro atoms. The second-order valence-electron chi connectivity index (χ2n) is 5.41. The number of hydrogen-bond acceptors (Lipinski definition) is 2. The highest BCUT2D eigenvalue weighted by Crippen LogP contribution is 2.56. The van der Waals surface area contributed by atoms with Gasteiger partial charge in [0.1, 0.15) is 0 Å². The molecule has 1 aromatic carbocycles. The van der Waals surface area contributed by atoms with Crippen molar-refractivity contribution in [2.45, 2.75) is 55.4 Å². The van der Waals surface area contributed by atoms with Gasteiger partial charge in [-0.2, -0.15) is 26.3 Å². The molecule has 1 N–H and O–H groups in total. The molecule has 0 saturated carbocycles. The van der Waals surface area contributed by atoms with Crippen molar-refractivity contribution in [3.63, 3.8) is 0 Å². The third-order valence-electron chi connectivity index (χ3n) is 3.68. The van der Waals surface area contributed by atoms with E-state index in [0.717, 1.165) is 6.92 Å². The van der Waals surface area contributed by atoms with E-state index in [9.17, 15) is 35.5 Å². The summed E-state index contributed by atoms with van der Waals surface area (Å²) in [5, 5.41) is 8.60. The topological polar surface area (TPSA) is 37.3 Å². The summed E-state index contributed by atoms with van der Waals surface area (Å²) >= 11 is 0.584. The molecule has 2 nitrogen and oxygen atoms in total. The Bertz CT molecular complexity index is 639. The summed E-state index contributed by atoms with van der Waals surface area (Å²) in [6.45, 7) is 4.23. The van der Waals surface area contributed by atoms with Gasteiger partial charge < -0.3 is 5.11 Å². The van der Waals surface area contributed by atoms with Crippen LogP contribution < -0.4 is 0 Å². The highest BCUT2D eigenvalue weighted by atomic mass is 32.2. The van der Waals surface area contributed by atoms with Crippen molar-refractivity contribution < 1.29 is 40.6 Å². The highest BCUT2D eigenvalue weighted by Gasteiger charge is 2.74. The lowest BCUT2D eigenvalue weighted by atomic mass is 9.91. The van der Waals surface area contributed by atoms with Gasteiger partial charge in [0, 0.05) is 15.7 Å². The van der Waals surface area contributed by atoms with E-state index in [-0.39, 0.29) is 11.6 Å². The number of aromatic carboxylic acids is 1. The molecule has 1 rings (SSSR count). The largest absolute Gasteiger partial charge is 0.478 e. The first-order chi connectivity index (χ1) is 11.2. The molecule has 0 unspecified atom stereocenters. The summed E-state index contributed by atoms with van der Waals surface area (Å²) in [7, 11) is 0. The first kappa shape index (κ1) is 21.6. The molecule has 0 amide bonds. The molecule has 0 aromatic heterocycles. The lowest BCUT2D eigenvalue weighted by Gasteiger charge is -2.32. The predicted octanol–water partition coefficient (Wildman–Crippen LogP) is 5.87. The zero-order chi connectivity index (χ0) is 19.8. The Balaban J connectivity index is 3.84. The fraction of sp³-hybridized carbons (Fsp3) is 0.533. The Kier molecular flexibility index (Phi) is 6.09. The Morgan fingerprint density at radius 2 is 1.60 bits per heavy atom. The van der Waals surface area contributed by atoms with Crippen molar-refractivity contribution in [1.82, 2.24) is 0 Å². The van der Waals surface area contributed by atoms with Crippen LogP contribution in [0, 0.1) is 6.92 Å². The monoisotopic (exact) mass is 392 g/mol. The van der Waals surface area contributed by atoms with Crippen molar-refractivity contribution in [3.05, 3.63) is 28.8 Å². The maximum Gasteiger partial charge on any atom is 0.435 e. The third-order valence-corrected chi connectivity index (χ3v) is 5.18. The molecule has 0 aliphatic rings. The van der Waals surface area contributed by atoms with Gasteiger partial charge in [-0.1, -0.05) is 19.9 Å². The zero-order valence-electron chi connectivity index (χ0n) is 13.3.